The lowest BCUT2D eigenvalue weighted by Crippen LogP contribution is -2.13. The summed E-state index contributed by atoms with van der Waals surface area (Å²) in [4.78, 5) is 14.8. The molecule has 0 radical (unpaired) electrons. The Hall–Kier alpha value is -1.04. The highest BCUT2D eigenvalue weighted by Crippen LogP contribution is 2.21. The monoisotopic (exact) mass is 244 g/mol. The van der Waals surface area contributed by atoms with E-state index in [0.717, 1.165) is 0 Å². The fraction of sp³-hybridized carbons (Fsp3) is 0.700. The number of aromatic nitrogens is 2. The Labute approximate surface area is 98.6 Å². The Morgan fingerprint density at radius 1 is 1.56 bits per heavy atom. The highest BCUT2D eigenvalue weighted by atomic mass is 32.2. The van der Waals surface area contributed by atoms with Gasteiger partial charge in [-0.2, -0.15) is 4.98 Å². The SMILES string of the molecule is CC(SCc1nc(C(C)(C)C)no1)C(=O)O. The summed E-state index contributed by atoms with van der Waals surface area (Å²) in [7, 11) is 0. The van der Waals surface area contributed by atoms with E-state index in [2.05, 4.69) is 10.1 Å². The van der Waals surface area contributed by atoms with Crippen molar-refractivity contribution in [3.63, 3.8) is 0 Å². The average Bonchev–Trinajstić information content (AvgIpc) is 2.61. The summed E-state index contributed by atoms with van der Waals surface area (Å²) in [6, 6.07) is 0. The number of thioether (sulfide) groups is 1. The molecule has 0 aliphatic heterocycles. The largest absolute Gasteiger partial charge is 0.480 e. The number of nitrogens with zero attached hydrogens (tertiary/aromatic N) is 2. The summed E-state index contributed by atoms with van der Waals surface area (Å²) >= 11 is 1.27. The first kappa shape index (κ1) is 13.0. The van der Waals surface area contributed by atoms with Gasteiger partial charge in [0.25, 0.3) is 0 Å². The normalized spacial score (nSPS) is 13.8. The van der Waals surface area contributed by atoms with Crippen molar-refractivity contribution in [1.82, 2.24) is 10.1 Å². The van der Waals surface area contributed by atoms with Gasteiger partial charge in [-0.25, -0.2) is 0 Å². The predicted molar refractivity (Wildman–Crippen MR) is 61.4 cm³/mol. The zero-order valence-electron chi connectivity index (χ0n) is 9.85. The van der Waals surface area contributed by atoms with Crippen molar-refractivity contribution >= 4 is 17.7 Å². The molecule has 16 heavy (non-hydrogen) atoms. The lowest BCUT2D eigenvalue weighted by atomic mass is 9.96. The number of hydrogen-bond donors (Lipinski definition) is 1. The summed E-state index contributed by atoms with van der Waals surface area (Å²) < 4.78 is 5.05. The lowest BCUT2D eigenvalue weighted by molar-refractivity contribution is -0.136. The standard InChI is InChI=1S/C10H16N2O3S/c1-6(8(13)14)16-5-7-11-9(12-15-7)10(2,3)4/h6H,5H2,1-4H3,(H,13,14). The summed E-state index contributed by atoms with van der Waals surface area (Å²) in [5.74, 6) is 0.714. The average molecular weight is 244 g/mol. The summed E-state index contributed by atoms with van der Waals surface area (Å²) in [6.07, 6.45) is 0. The fourth-order valence-electron chi connectivity index (χ4n) is 0.886. The van der Waals surface area contributed by atoms with Crippen LogP contribution in [-0.2, 0) is 16.0 Å². The molecule has 0 aliphatic carbocycles. The van der Waals surface area contributed by atoms with E-state index >= 15 is 0 Å². The molecule has 1 aromatic rings. The topological polar surface area (TPSA) is 76.2 Å². The van der Waals surface area contributed by atoms with Gasteiger partial charge in [0.2, 0.25) is 5.89 Å². The second-order valence-corrected chi connectivity index (χ2v) is 5.88. The molecule has 0 amide bonds. The van der Waals surface area contributed by atoms with Crippen molar-refractivity contribution in [3.8, 4) is 0 Å². The molecule has 1 aromatic heterocycles. The lowest BCUT2D eigenvalue weighted by Gasteiger charge is -2.10. The molecule has 0 aliphatic rings. The van der Waals surface area contributed by atoms with Crippen LogP contribution in [0, 0.1) is 0 Å². The van der Waals surface area contributed by atoms with Crippen molar-refractivity contribution in [2.24, 2.45) is 0 Å². The Morgan fingerprint density at radius 2 is 2.19 bits per heavy atom. The number of hydrogen-bond acceptors (Lipinski definition) is 5. The first-order valence-corrected chi connectivity index (χ1v) is 6.03. The molecular weight excluding hydrogens is 228 g/mol. The number of carbonyl (C=O) groups is 1. The first-order chi connectivity index (χ1) is 7.30. The molecule has 0 saturated carbocycles. The second-order valence-electron chi connectivity index (χ2n) is 4.55. The van der Waals surface area contributed by atoms with Gasteiger partial charge in [0.1, 0.15) is 0 Å². The van der Waals surface area contributed by atoms with Gasteiger partial charge in [-0.05, 0) is 6.92 Å². The molecule has 0 saturated heterocycles. The Morgan fingerprint density at radius 3 is 2.62 bits per heavy atom. The van der Waals surface area contributed by atoms with Crippen molar-refractivity contribution in [2.75, 3.05) is 0 Å². The quantitative estimate of drug-likeness (QED) is 0.873. The number of rotatable bonds is 4. The van der Waals surface area contributed by atoms with Crippen molar-refractivity contribution in [3.05, 3.63) is 11.7 Å². The van der Waals surface area contributed by atoms with Crippen LogP contribution < -0.4 is 0 Å². The maximum absolute atomic E-state index is 10.6. The van der Waals surface area contributed by atoms with Gasteiger partial charge < -0.3 is 9.63 Å². The van der Waals surface area contributed by atoms with Gasteiger partial charge in [-0.3, -0.25) is 4.79 Å². The number of aliphatic carboxylic acids is 1. The molecule has 0 bridgehead atoms. The molecular formula is C10H16N2O3S. The summed E-state index contributed by atoms with van der Waals surface area (Å²) in [5.41, 5.74) is -0.148. The van der Waals surface area contributed by atoms with E-state index in [1.807, 2.05) is 20.8 Å². The van der Waals surface area contributed by atoms with Crippen molar-refractivity contribution in [1.29, 1.82) is 0 Å². The van der Waals surface area contributed by atoms with Gasteiger partial charge in [0.15, 0.2) is 5.82 Å². The van der Waals surface area contributed by atoms with Crippen molar-refractivity contribution in [2.45, 2.75) is 44.1 Å². The minimum atomic E-state index is -0.833. The van der Waals surface area contributed by atoms with Crippen LogP contribution in [0.4, 0.5) is 0 Å². The molecule has 0 fully saturated rings. The molecule has 90 valence electrons. The Balaban J connectivity index is 2.57. The van der Waals surface area contributed by atoms with E-state index in [0.29, 0.717) is 17.5 Å². The minimum absolute atomic E-state index is 0.148. The van der Waals surface area contributed by atoms with E-state index < -0.39 is 11.2 Å². The van der Waals surface area contributed by atoms with E-state index in [1.54, 1.807) is 6.92 Å². The smallest absolute Gasteiger partial charge is 0.316 e. The van der Waals surface area contributed by atoms with E-state index in [4.69, 9.17) is 9.63 Å². The van der Waals surface area contributed by atoms with Crippen LogP contribution >= 0.6 is 11.8 Å². The van der Waals surface area contributed by atoms with Gasteiger partial charge in [-0.15, -0.1) is 11.8 Å². The number of carboxylic acids is 1. The van der Waals surface area contributed by atoms with E-state index in [1.165, 1.54) is 11.8 Å². The van der Waals surface area contributed by atoms with Gasteiger partial charge in [0.05, 0.1) is 11.0 Å². The third kappa shape index (κ3) is 3.52. The molecule has 1 unspecified atom stereocenters. The first-order valence-electron chi connectivity index (χ1n) is 4.98. The van der Waals surface area contributed by atoms with E-state index in [9.17, 15) is 4.79 Å². The van der Waals surface area contributed by atoms with Crippen LogP contribution in [-0.4, -0.2) is 26.5 Å². The molecule has 1 heterocycles. The van der Waals surface area contributed by atoms with Crippen LogP contribution in [0.5, 0.6) is 0 Å². The van der Waals surface area contributed by atoms with Crippen LogP contribution in [0.2, 0.25) is 0 Å². The molecule has 1 N–H and O–H groups in total. The second kappa shape index (κ2) is 4.86. The molecule has 1 rings (SSSR count). The highest BCUT2D eigenvalue weighted by molar-refractivity contribution is 7.99. The molecule has 0 aromatic carbocycles. The van der Waals surface area contributed by atoms with Crippen molar-refractivity contribution < 1.29 is 14.4 Å². The number of carboxylic acid groups (broad SMARTS) is 1. The summed E-state index contributed by atoms with van der Waals surface area (Å²) in [5, 5.41) is 12.1. The van der Waals surface area contributed by atoms with E-state index in [-0.39, 0.29) is 5.41 Å². The Bertz CT molecular complexity index is 370. The highest BCUT2D eigenvalue weighted by Gasteiger charge is 2.21. The van der Waals surface area contributed by atoms with Crippen LogP contribution in [0.1, 0.15) is 39.4 Å². The fourth-order valence-corrected chi connectivity index (χ4v) is 1.54. The van der Waals surface area contributed by atoms with Gasteiger partial charge in [0, 0.05) is 5.41 Å². The summed E-state index contributed by atoms with van der Waals surface area (Å²) in [6.45, 7) is 7.62. The molecule has 1 atom stereocenters. The van der Waals surface area contributed by atoms with Crippen LogP contribution in [0.3, 0.4) is 0 Å². The third-order valence-electron chi connectivity index (χ3n) is 1.94. The predicted octanol–water partition coefficient (Wildman–Crippen LogP) is 2.07. The maximum Gasteiger partial charge on any atom is 0.316 e. The minimum Gasteiger partial charge on any atom is -0.480 e. The zero-order valence-corrected chi connectivity index (χ0v) is 10.7. The van der Waals surface area contributed by atoms with Gasteiger partial charge in [-0.1, -0.05) is 25.9 Å². The molecule has 0 spiro atoms. The Kier molecular flexibility index (Phi) is 3.96. The van der Waals surface area contributed by atoms with Crippen LogP contribution in [0.15, 0.2) is 4.52 Å². The third-order valence-corrected chi connectivity index (χ3v) is 3.06. The molecule has 5 nitrogen and oxygen atoms in total. The maximum atomic E-state index is 10.6. The molecule has 6 heteroatoms. The van der Waals surface area contributed by atoms with Crippen LogP contribution in [0.25, 0.3) is 0 Å². The zero-order chi connectivity index (χ0) is 12.3. The van der Waals surface area contributed by atoms with Gasteiger partial charge >= 0.3 is 5.97 Å².